The van der Waals surface area contributed by atoms with Crippen LogP contribution in [-0.2, 0) is 16.1 Å². The van der Waals surface area contributed by atoms with Crippen LogP contribution in [-0.4, -0.2) is 27.1 Å². The number of esters is 1. The summed E-state index contributed by atoms with van der Waals surface area (Å²) in [5, 5.41) is 4.97. The van der Waals surface area contributed by atoms with Crippen molar-refractivity contribution in [2.24, 2.45) is 0 Å². The molecule has 1 aromatic carbocycles. The molecule has 0 unspecified atom stereocenters. The van der Waals surface area contributed by atoms with Crippen molar-refractivity contribution < 1.29 is 14.3 Å². The van der Waals surface area contributed by atoms with Gasteiger partial charge in [-0.3, -0.25) is 14.3 Å². The lowest BCUT2D eigenvalue weighted by atomic mass is 10.2. The normalized spacial score (nSPS) is 11.7. The molecule has 0 bridgehead atoms. The van der Waals surface area contributed by atoms with E-state index < -0.39 is 5.60 Å². The summed E-state index contributed by atoms with van der Waals surface area (Å²) in [6, 6.07) is 5.49. The van der Waals surface area contributed by atoms with Crippen LogP contribution in [0, 0.1) is 0 Å². The van der Waals surface area contributed by atoms with E-state index in [-0.39, 0.29) is 18.3 Å². The molecule has 6 heteroatoms. The number of hydrogen-bond acceptors (Lipinski definition) is 4. The lowest BCUT2D eigenvalue weighted by molar-refractivity contribution is -0.155. The van der Waals surface area contributed by atoms with Crippen molar-refractivity contribution in [3.63, 3.8) is 0 Å². The number of aromatic nitrogens is 2. The van der Waals surface area contributed by atoms with Gasteiger partial charge in [0.2, 0.25) is 0 Å². The summed E-state index contributed by atoms with van der Waals surface area (Å²) in [5.41, 5.74) is 0.538. The molecule has 0 amide bonds. The van der Waals surface area contributed by atoms with Crippen LogP contribution in [0.4, 0.5) is 0 Å². The zero-order chi connectivity index (χ0) is 15.8. The third kappa shape index (κ3) is 3.69. The van der Waals surface area contributed by atoms with Gasteiger partial charge < -0.3 is 4.74 Å². The number of ketones is 1. The summed E-state index contributed by atoms with van der Waals surface area (Å²) in [7, 11) is 0. The highest BCUT2D eigenvalue weighted by atomic mass is 79.9. The molecule has 21 heavy (non-hydrogen) atoms. The van der Waals surface area contributed by atoms with Crippen LogP contribution in [0.2, 0.25) is 0 Å². The van der Waals surface area contributed by atoms with Crippen LogP contribution < -0.4 is 0 Å². The van der Waals surface area contributed by atoms with E-state index in [0.29, 0.717) is 5.69 Å². The number of halogens is 1. The molecule has 2 rings (SSSR count). The van der Waals surface area contributed by atoms with Gasteiger partial charge in [0, 0.05) is 16.8 Å². The van der Waals surface area contributed by atoms with Gasteiger partial charge in [-0.2, -0.15) is 5.10 Å². The van der Waals surface area contributed by atoms with Gasteiger partial charge >= 0.3 is 5.97 Å². The van der Waals surface area contributed by atoms with Crippen LogP contribution in [0.25, 0.3) is 10.9 Å². The third-order valence-corrected chi connectivity index (χ3v) is 3.24. The fourth-order valence-electron chi connectivity index (χ4n) is 2.03. The fourth-order valence-corrected chi connectivity index (χ4v) is 2.39. The first kappa shape index (κ1) is 15.7. The molecule has 0 aliphatic carbocycles. The maximum Gasteiger partial charge on any atom is 0.328 e. The summed E-state index contributed by atoms with van der Waals surface area (Å²) >= 11 is 3.38. The summed E-state index contributed by atoms with van der Waals surface area (Å²) < 4.78 is 7.65. The topological polar surface area (TPSA) is 61.2 Å². The lowest BCUT2D eigenvalue weighted by Gasteiger charge is -2.19. The van der Waals surface area contributed by atoms with Crippen LogP contribution in [0.5, 0.6) is 0 Å². The minimum Gasteiger partial charge on any atom is -0.459 e. The first-order valence-electron chi connectivity index (χ1n) is 6.56. The van der Waals surface area contributed by atoms with Gasteiger partial charge in [0.05, 0.1) is 5.52 Å². The first-order valence-corrected chi connectivity index (χ1v) is 7.35. The number of rotatable bonds is 3. The largest absolute Gasteiger partial charge is 0.459 e. The zero-order valence-corrected chi connectivity index (χ0v) is 14.0. The molecular weight excluding hydrogens is 336 g/mol. The molecule has 0 fully saturated rings. The van der Waals surface area contributed by atoms with Crippen molar-refractivity contribution in [2.45, 2.75) is 39.8 Å². The van der Waals surface area contributed by atoms with Crippen molar-refractivity contribution in [2.75, 3.05) is 0 Å². The molecule has 1 heterocycles. The molecule has 0 aliphatic heterocycles. The highest BCUT2D eigenvalue weighted by Crippen LogP contribution is 2.23. The molecule has 0 saturated carbocycles. The van der Waals surface area contributed by atoms with E-state index >= 15 is 0 Å². The average Bonchev–Trinajstić information content (AvgIpc) is 2.64. The Balaban J connectivity index is 2.41. The fraction of sp³-hybridized carbons (Fsp3) is 0.400. The number of Topliss-reactive ketones (excluding diaryl/α,β-unsaturated/α-hetero) is 1. The second kappa shape index (κ2) is 5.60. The molecule has 5 nitrogen and oxygen atoms in total. The number of nitrogens with zero attached hydrogens (tertiary/aromatic N) is 2. The Bertz CT molecular complexity index is 714. The highest BCUT2D eigenvalue weighted by molar-refractivity contribution is 9.10. The molecule has 0 atom stereocenters. The van der Waals surface area contributed by atoms with Crippen molar-refractivity contribution in [3.05, 3.63) is 28.4 Å². The Kier molecular flexibility index (Phi) is 4.18. The van der Waals surface area contributed by atoms with E-state index in [0.717, 1.165) is 15.4 Å². The number of ether oxygens (including phenoxy) is 1. The second-order valence-corrected chi connectivity index (χ2v) is 6.73. The number of carbonyl (C=O) groups is 2. The summed E-state index contributed by atoms with van der Waals surface area (Å²) in [5.74, 6) is -0.522. The van der Waals surface area contributed by atoms with Crippen molar-refractivity contribution in [1.82, 2.24) is 9.78 Å². The van der Waals surface area contributed by atoms with Gasteiger partial charge in [-0.25, -0.2) is 0 Å². The Hall–Kier alpha value is -1.69. The SMILES string of the molecule is CC(=O)c1nn(CC(=O)OC(C)(C)C)c2ccc(Br)cc12. The lowest BCUT2D eigenvalue weighted by Crippen LogP contribution is -2.26. The summed E-state index contributed by atoms with van der Waals surface area (Å²) in [6.45, 7) is 6.86. The van der Waals surface area contributed by atoms with Crippen LogP contribution >= 0.6 is 15.9 Å². The maximum absolute atomic E-state index is 11.9. The molecule has 2 aromatic rings. The molecule has 0 N–H and O–H groups in total. The van der Waals surface area contributed by atoms with Crippen molar-refractivity contribution >= 4 is 38.6 Å². The molecular formula is C15H17BrN2O3. The van der Waals surface area contributed by atoms with Gasteiger partial charge in [0.25, 0.3) is 0 Å². The average molecular weight is 353 g/mol. The smallest absolute Gasteiger partial charge is 0.328 e. The summed E-state index contributed by atoms with van der Waals surface area (Å²) in [6.07, 6.45) is 0. The predicted octanol–water partition coefficient (Wildman–Crippen LogP) is 3.34. The van der Waals surface area contributed by atoms with Crippen LogP contribution in [0.3, 0.4) is 0 Å². The number of carbonyl (C=O) groups excluding carboxylic acids is 2. The van der Waals surface area contributed by atoms with Gasteiger partial charge in [0.1, 0.15) is 17.8 Å². The molecule has 112 valence electrons. The Morgan fingerprint density at radius 1 is 1.33 bits per heavy atom. The van der Waals surface area contributed by atoms with Gasteiger partial charge in [-0.15, -0.1) is 0 Å². The van der Waals surface area contributed by atoms with E-state index in [1.165, 1.54) is 11.6 Å². The standard InChI is InChI=1S/C15H17BrN2O3/c1-9(19)14-11-7-10(16)5-6-12(11)18(17-14)8-13(20)21-15(2,3)4/h5-7H,8H2,1-4H3. The van der Waals surface area contributed by atoms with Crippen molar-refractivity contribution in [1.29, 1.82) is 0 Å². The van der Waals surface area contributed by atoms with Gasteiger partial charge in [0.15, 0.2) is 5.78 Å². The quantitative estimate of drug-likeness (QED) is 0.627. The molecule has 0 radical (unpaired) electrons. The van der Waals surface area contributed by atoms with Gasteiger partial charge in [-0.1, -0.05) is 15.9 Å². The monoisotopic (exact) mass is 352 g/mol. The zero-order valence-electron chi connectivity index (χ0n) is 12.4. The first-order chi connectivity index (χ1) is 9.67. The highest BCUT2D eigenvalue weighted by Gasteiger charge is 2.20. The molecule has 0 aliphatic rings. The molecule has 1 aromatic heterocycles. The van der Waals surface area contributed by atoms with E-state index in [4.69, 9.17) is 4.74 Å². The Morgan fingerprint density at radius 2 is 2.00 bits per heavy atom. The minimum absolute atomic E-state index is 0.0251. The van der Waals surface area contributed by atoms with E-state index in [1.54, 1.807) is 0 Å². The Morgan fingerprint density at radius 3 is 2.57 bits per heavy atom. The van der Waals surface area contributed by atoms with Gasteiger partial charge in [-0.05, 0) is 39.0 Å². The molecule has 0 saturated heterocycles. The number of fused-ring (bicyclic) bond motifs is 1. The van der Waals surface area contributed by atoms with E-state index in [1.807, 2.05) is 39.0 Å². The number of hydrogen-bond donors (Lipinski definition) is 0. The van der Waals surface area contributed by atoms with E-state index in [9.17, 15) is 9.59 Å². The number of benzene rings is 1. The minimum atomic E-state index is -0.549. The second-order valence-electron chi connectivity index (χ2n) is 5.81. The molecule has 0 spiro atoms. The van der Waals surface area contributed by atoms with Crippen molar-refractivity contribution in [3.8, 4) is 0 Å². The third-order valence-electron chi connectivity index (χ3n) is 2.74. The summed E-state index contributed by atoms with van der Waals surface area (Å²) in [4.78, 5) is 23.6. The Labute approximate surface area is 131 Å². The van der Waals surface area contributed by atoms with Crippen LogP contribution in [0.1, 0.15) is 38.2 Å². The predicted molar refractivity (Wildman–Crippen MR) is 83.3 cm³/mol. The van der Waals surface area contributed by atoms with Crippen LogP contribution in [0.15, 0.2) is 22.7 Å². The maximum atomic E-state index is 11.9. The van der Waals surface area contributed by atoms with E-state index in [2.05, 4.69) is 21.0 Å².